The number of hydrogen-bond acceptors (Lipinski definition) is 2. The average Bonchev–Trinajstić information content (AvgIpc) is 2.74. The molecule has 1 amide bonds. The number of nitrogens with two attached hydrogens (primary N) is 1. The van der Waals surface area contributed by atoms with Gasteiger partial charge in [-0.2, -0.15) is 0 Å². The Morgan fingerprint density at radius 2 is 2.18 bits per heavy atom. The molecule has 0 aliphatic carbocycles. The normalized spacial score (nSPS) is 20.3. The number of nitrogens with one attached hydrogen (secondary N) is 1. The molecule has 1 aromatic rings. The first kappa shape index (κ1) is 11.7. The lowest BCUT2D eigenvalue weighted by molar-refractivity contribution is -0.122. The van der Waals surface area contributed by atoms with Crippen molar-refractivity contribution in [2.45, 2.75) is 18.9 Å². The van der Waals surface area contributed by atoms with E-state index in [1.807, 2.05) is 30.3 Å². The summed E-state index contributed by atoms with van der Waals surface area (Å²) in [5.74, 6) is 6.17. The van der Waals surface area contributed by atoms with Gasteiger partial charge in [-0.3, -0.25) is 4.79 Å². The number of hydrogen-bond donors (Lipinski definition) is 2. The van der Waals surface area contributed by atoms with Crippen molar-refractivity contribution < 1.29 is 4.79 Å². The lowest BCUT2D eigenvalue weighted by Crippen LogP contribution is -2.26. The fourth-order valence-electron chi connectivity index (χ4n) is 1.93. The Kier molecular flexibility index (Phi) is 3.79. The molecule has 1 aromatic carbocycles. The van der Waals surface area contributed by atoms with E-state index < -0.39 is 0 Å². The molecule has 0 saturated carbocycles. The molecule has 0 bridgehead atoms. The number of benzene rings is 1. The van der Waals surface area contributed by atoms with Gasteiger partial charge in [0.15, 0.2) is 0 Å². The van der Waals surface area contributed by atoms with Crippen molar-refractivity contribution in [1.29, 1.82) is 0 Å². The molecule has 0 aromatic heterocycles. The molecule has 1 saturated heterocycles. The molecule has 88 valence electrons. The van der Waals surface area contributed by atoms with Gasteiger partial charge >= 0.3 is 0 Å². The summed E-state index contributed by atoms with van der Waals surface area (Å²) in [7, 11) is 0. The molecule has 17 heavy (non-hydrogen) atoms. The maximum atomic E-state index is 11.4. The number of carbonyl (C=O) groups excluding carboxylic acids is 1. The molecule has 0 unspecified atom stereocenters. The summed E-state index contributed by atoms with van der Waals surface area (Å²) >= 11 is 0. The number of rotatable bonds is 2. The van der Waals surface area contributed by atoms with Gasteiger partial charge in [-0.15, -0.1) is 0 Å². The summed E-state index contributed by atoms with van der Waals surface area (Å²) in [6.07, 6.45) is 1.52. The van der Waals surface area contributed by atoms with E-state index in [0.29, 0.717) is 6.42 Å². The van der Waals surface area contributed by atoms with Gasteiger partial charge in [0, 0.05) is 18.0 Å². The van der Waals surface area contributed by atoms with Crippen molar-refractivity contribution in [1.82, 2.24) is 5.32 Å². The smallest absolute Gasteiger partial charge is 0.223 e. The molecule has 1 aliphatic rings. The first-order valence-corrected chi connectivity index (χ1v) is 5.85. The van der Waals surface area contributed by atoms with E-state index >= 15 is 0 Å². The molecular formula is C14H16N2O. The van der Waals surface area contributed by atoms with Gasteiger partial charge in [-0.1, -0.05) is 30.0 Å². The van der Waals surface area contributed by atoms with Crippen LogP contribution in [0.1, 0.15) is 18.4 Å². The van der Waals surface area contributed by atoms with E-state index in [1.165, 1.54) is 0 Å². The molecule has 1 heterocycles. The lowest BCUT2D eigenvalue weighted by Gasteiger charge is -2.08. The van der Waals surface area contributed by atoms with Gasteiger partial charge in [0.25, 0.3) is 0 Å². The van der Waals surface area contributed by atoms with E-state index in [-0.39, 0.29) is 17.9 Å². The molecular weight excluding hydrogens is 212 g/mol. The molecule has 1 aliphatic heterocycles. The first-order chi connectivity index (χ1) is 8.25. The van der Waals surface area contributed by atoms with Crippen LogP contribution < -0.4 is 11.1 Å². The van der Waals surface area contributed by atoms with Crippen LogP contribution in [0.25, 0.3) is 0 Å². The minimum Gasteiger partial charge on any atom is -0.356 e. The van der Waals surface area contributed by atoms with Crippen LogP contribution in [0.2, 0.25) is 0 Å². The van der Waals surface area contributed by atoms with Gasteiger partial charge in [-0.05, 0) is 25.0 Å². The molecule has 0 radical (unpaired) electrons. The van der Waals surface area contributed by atoms with Crippen molar-refractivity contribution in [3.05, 3.63) is 35.9 Å². The van der Waals surface area contributed by atoms with Gasteiger partial charge in [0.2, 0.25) is 5.91 Å². The number of carbonyl (C=O) groups is 1. The standard InChI is InChI=1S/C14H16N2O/c15-13(10-12-8-9-16-14(12)17)7-6-11-4-2-1-3-5-11/h1-5,12-13H,8-10,15H2,(H,16,17)/t12-,13+/m0/s1. The van der Waals surface area contributed by atoms with Crippen LogP contribution in [0, 0.1) is 17.8 Å². The maximum absolute atomic E-state index is 11.4. The summed E-state index contributed by atoms with van der Waals surface area (Å²) in [4.78, 5) is 11.4. The van der Waals surface area contributed by atoms with Gasteiger partial charge in [0.05, 0.1) is 6.04 Å². The van der Waals surface area contributed by atoms with Crippen molar-refractivity contribution >= 4 is 5.91 Å². The maximum Gasteiger partial charge on any atom is 0.223 e. The summed E-state index contributed by atoms with van der Waals surface area (Å²) in [6.45, 7) is 0.766. The molecule has 3 N–H and O–H groups in total. The molecule has 3 heteroatoms. The largest absolute Gasteiger partial charge is 0.356 e. The zero-order valence-corrected chi connectivity index (χ0v) is 9.65. The Hall–Kier alpha value is -1.79. The highest BCUT2D eigenvalue weighted by molar-refractivity contribution is 5.80. The predicted octanol–water partition coefficient (Wildman–Crippen LogP) is 0.892. The third-order valence-corrected chi connectivity index (χ3v) is 2.88. The van der Waals surface area contributed by atoms with Crippen molar-refractivity contribution in [2.75, 3.05) is 6.54 Å². The highest BCUT2D eigenvalue weighted by Gasteiger charge is 2.25. The third kappa shape index (κ3) is 3.33. The molecule has 0 spiro atoms. The Labute approximate surface area is 101 Å². The second-order valence-corrected chi connectivity index (χ2v) is 4.25. The molecule has 2 rings (SSSR count). The summed E-state index contributed by atoms with van der Waals surface area (Å²) < 4.78 is 0. The Morgan fingerprint density at radius 3 is 2.82 bits per heavy atom. The lowest BCUT2D eigenvalue weighted by atomic mass is 9.99. The van der Waals surface area contributed by atoms with Crippen LogP contribution in [-0.2, 0) is 4.79 Å². The van der Waals surface area contributed by atoms with Crippen LogP contribution in [0.4, 0.5) is 0 Å². The summed E-state index contributed by atoms with van der Waals surface area (Å²) in [5, 5.41) is 2.81. The van der Waals surface area contributed by atoms with E-state index in [0.717, 1.165) is 18.5 Å². The number of amides is 1. The van der Waals surface area contributed by atoms with Crippen molar-refractivity contribution in [3.63, 3.8) is 0 Å². The Bertz CT molecular complexity index is 444. The zero-order valence-electron chi connectivity index (χ0n) is 9.65. The third-order valence-electron chi connectivity index (χ3n) is 2.88. The zero-order chi connectivity index (χ0) is 12.1. The SMILES string of the molecule is N[C@H](C#Cc1ccccc1)C[C@@H]1CCNC1=O. The topological polar surface area (TPSA) is 55.1 Å². The predicted molar refractivity (Wildman–Crippen MR) is 67.0 cm³/mol. The van der Waals surface area contributed by atoms with Crippen molar-refractivity contribution in [2.24, 2.45) is 11.7 Å². The highest BCUT2D eigenvalue weighted by atomic mass is 16.2. The fraction of sp³-hybridized carbons (Fsp3) is 0.357. The minimum atomic E-state index is -0.232. The molecule has 2 atom stereocenters. The van der Waals surface area contributed by atoms with Crippen LogP contribution in [0.3, 0.4) is 0 Å². The Morgan fingerprint density at radius 1 is 1.41 bits per heavy atom. The Balaban J connectivity index is 1.91. The first-order valence-electron chi connectivity index (χ1n) is 5.85. The van der Waals surface area contributed by atoms with Gasteiger partial charge in [0.1, 0.15) is 0 Å². The minimum absolute atomic E-state index is 0.0371. The van der Waals surface area contributed by atoms with Crippen LogP contribution in [-0.4, -0.2) is 18.5 Å². The summed E-state index contributed by atoms with van der Waals surface area (Å²) in [6, 6.07) is 9.50. The van der Waals surface area contributed by atoms with Crippen molar-refractivity contribution in [3.8, 4) is 11.8 Å². The van der Waals surface area contributed by atoms with Crippen LogP contribution in [0.15, 0.2) is 30.3 Å². The van der Waals surface area contributed by atoms with E-state index in [4.69, 9.17) is 5.73 Å². The van der Waals surface area contributed by atoms with Gasteiger partial charge < -0.3 is 11.1 Å². The monoisotopic (exact) mass is 228 g/mol. The molecule has 3 nitrogen and oxygen atoms in total. The van der Waals surface area contributed by atoms with Crippen LogP contribution >= 0.6 is 0 Å². The van der Waals surface area contributed by atoms with Gasteiger partial charge in [-0.25, -0.2) is 0 Å². The second-order valence-electron chi connectivity index (χ2n) is 4.25. The average molecular weight is 228 g/mol. The quantitative estimate of drug-likeness (QED) is 0.739. The molecule has 1 fully saturated rings. The fourth-order valence-corrected chi connectivity index (χ4v) is 1.93. The van der Waals surface area contributed by atoms with Crippen LogP contribution in [0.5, 0.6) is 0 Å². The second kappa shape index (κ2) is 5.51. The van der Waals surface area contributed by atoms with E-state index in [1.54, 1.807) is 0 Å². The van der Waals surface area contributed by atoms with E-state index in [2.05, 4.69) is 17.2 Å². The highest BCUT2D eigenvalue weighted by Crippen LogP contribution is 2.14. The van der Waals surface area contributed by atoms with E-state index in [9.17, 15) is 4.79 Å². The summed E-state index contributed by atoms with van der Waals surface area (Å²) in [5.41, 5.74) is 6.87.